The Hall–Kier alpha value is -1.15. The van der Waals surface area contributed by atoms with Crippen LogP contribution in [-0.4, -0.2) is 6.04 Å². The van der Waals surface area contributed by atoms with Gasteiger partial charge in [-0.25, -0.2) is 4.39 Å². The van der Waals surface area contributed by atoms with E-state index in [0.29, 0.717) is 0 Å². The molecule has 1 aliphatic rings. The number of hydrogen-bond acceptors (Lipinski definition) is 1. The zero-order valence-corrected chi connectivity index (χ0v) is 8.04. The minimum atomic E-state index is -0.175. The molecule has 1 aliphatic carbocycles. The summed E-state index contributed by atoms with van der Waals surface area (Å²) in [6.07, 6.45) is 5.17. The van der Waals surface area contributed by atoms with Crippen molar-refractivity contribution in [3.05, 3.63) is 47.3 Å². The topological polar surface area (TPSA) is 26.0 Å². The molecule has 0 radical (unpaired) electrons. The molecular weight excluding hydrogens is 177 g/mol. The van der Waals surface area contributed by atoms with E-state index in [-0.39, 0.29) is 11.9 Å². The highest BCUT2D eigenvalue weighted by Gasteiger charge is 2.11. The second-order valence-electron chi connectivity index (χ2n) is 3.83. The second-order valence-corrected chi connectivity index (χ2v) is 3.83. The molecule has 0 aliphatic heterocycles. The fraction of sp³-hybridized carbons (Fsp3) is 0.333. The Morgan fingerprint density at radius 1 is 1.29 bits per heavy atom. The molecular formula is C12H14FN. The van der Waals surface area contributed by atoms with Gasteiger partial charge in [-0.1, -0.05) is 23.8 Å². The Morgan fingerprint density at radius 3 is 2.57 bits per heavy atom. The summed E-state index contributed by atoms with van der Waals surface area (Å²) in [5.41, 5.74) is 8.30. The third-order valence-electron chi connectivity index (χ3n) is 2.59. The molecule has 1 atom stereocenters. The Bertz CT molecular complexity index is 340. The van der Waals surface area contributed by atoms with Gasteiger partial charge in [0.05, 0.1) is 0 Å². The maximum absolute atomic E-state index is 12.6. The molecule has 2 N–H and O–H groups in total. The minimum absolute atomic E-state index is 0.175. The molecule has 0 saturated carbocycles. The number of benzene rings is 1. The fourth-order valence-electron chi connectivity index (χ4n) is 1.83. The quantitative estimate of drug-likeness (QED) is 0.714. The first-order chi connectivity index (χ1) is 6.74. The lowest BCUT2D eigenvalue weighted by atomic mass is 10.1. The summed E-state index contributed by atoms with van der Waals surface area (Å²) < 4.78 is 12.6. The van der Waals surface area contributed by atoms with Crippen molar-refractivity contribution >= 4 is 0 Å². The maximum atomic E-state index is 12.6. The molecule has 0 saturated heterocycles. The summed E-state index contributed by atoms with van der Waals surface area (Å²) in [4.78, 5) is 0. The molecule has 0 fully saturated rings. The lowest BCUT2D eigenvalue weighted by Crippen LogP contribution is -2.11. The zero-order chi connectivity index (χ0) is 9.97. The zero-order valence-electron chi connectivity index (χ0n) is 8.04. The average molecular weight is 191 g/mol. The first-order valence-corrected chi connectivity index (χ1v) is 4.93. The van der Waals surface area contributed by atoms with Crippen molar-refractivity contribution in [2.24, 2.45) is 5.73 Å². The number of allylic oxidation sites excluding steroid dienone is 1. The molecule has 2 rings (SSSR count). The van der Waals surface area contributed by atoms with Crippen molar-refractivity contribution in [1.29, 1.82) is 0 Å². The number of halogens is 1. The van der Waals surface area contributed by atoms with E-state index < -0.39 is 0 Å². The van der Waals surface area contributed by atoms with Crippen molar-refractivity contribution in [3.63, 3.8) is 0 Å². The van der Waals surface area contributed by atoms with Crippen LogP contribution < -0.4 is 5.73 Å². The van der Waals surface area contributed by atoms with Crippen LogP contribution in [0.25, 0.3) is 0 Å². The molecule has 1 nitrogen and oxygen atoms in total. The largest absolute Gasteiger partial charge is 0.324 e. The summed E-state index contributed by atoms with van der Waals surface area (Å²) in [6.45, 7) is 0. The second kappa shape index (κ2) is 3.93. The molecule has 1 aromatic rings. The van der Waals surface area contributed by atoms with Crippen LogP contribution in [0.3, 0.4) is 0 Å². The Kier molecular flexibility index (Phi) is 2.64. The number of hydrogen-bond donors (Lipinski definition) is 1. The molecule has 2 heteroatoms. The lowest BCUT2D eigenvalue weighted by Gasteiger charge is -2.01. The highest BCUT2D eigenvalue weighted by Crippen LogP contribution is 2.21. The lowest BCUT2D eigenvalue weighted by molar-refractivity contribution is 0.627. The van der Waals surface area contributed by atoms with Crippen molar-refractivity contribution < 1.29 is 4.39 Å². The first-order valence-electron chi connectivity index (χ1n) is 4.93. The van der Waals surface area contributed by atoms with E-state index in [2.05, 4.69) is 6.08 Å². The summed E-state index contributed by atoms with van der Waals surface area (Å²) in [6, 6.07) is 6.90. The third-order valence-corrected chi connectivity index (χ3v) is 2.59. The van der Waals surface area contributed by atoms with E-state index in [4.69, 9.17) is 5.73 Å². The van der Waals surface area contributed by atoms with Crippen LogP contribution >= 0.6 is 0 Å². The third kappa shape index (κ3) is 2.20. The van der Waals surface area contributed by atoms with Gasteiger partial charge in [0.25, 0.3) is 0 Å². The maximum Gasteiger partial charge on any atom is 0.123 e. The summed E-state index contributed by atoms with van der Waals surface area (Å²) in [5, 5.41) is 0. The van der Waals surface area contributed by atoms with Crippen LogP contribution in [0.2, 0.25) is 0 Å². The van der Waals surface area contributed by atoms with Crippen molar-refractivity contribution in [3.8, 4) is 0 Å². The van der Waals surface area contributed by atoms with E-state index in [9.17, 15) is 4.39 Å². The molecule has 0 aromatic heterocycles. The van der Waals surface area contributed by atoms with Crippen LogP contribution in [0.15, 0.2) is 35.9 Å². The smallest absolute Gasteiger partial charge is 0.123 e. The molecule has 1 aromatic carbocycles. The molecule has 0 bridgehead atoms. The van der Waals surface area contributed by atoms with Gasteiger partial charge < -0.3 is 5.73 Å². The first kappa shape index (κ1) is 9.41. The summed E-state index contributed by atoms with van der Waals surface area (Å²) in [7, 11) is 0. The Labute approximate surface area is 83.4 Å². The van der Waals surface area contributed by atoms with Crippen molar-refractivity contribution in [2.45, 2.75) is 25.3 Å². The molecule has 14 heavy (non-hydrogen) atoms. The van der Waals surface area contributed by atoms with Crippen molar-refractivity contribution in [1.82, 2.24) is 0 Å². The van der Waals surface area contributed by atoms with Gasteiger partial charge in [-0.15, -0.1) is 0 Å². The molecule has 0 heterocycles. The van der Waals surface area contributed by atoms with Crippen molar-refractivity contribution in [2.75, 3.05) is 0 Å². The van der Waals surface area contributed by atoms with Gasteiger partial charge in [-0.2, -0.15) is 0 Å². The van der Waals surface area contributed by atoms with Crippen LogP contribution in [0.4, 0.5) is 4.39 Å². The Balaban J connectivity index is 2.04. The van der Waals surface area contributed by atoms with E-state index in [1.807, 2.05) is 12.1 Å². The van der Waals surface area contributed by atoms with Gasteiger partial charge in [-0.05, 0) is 37.0 Å². The highest BCUT2D eigenvalue weighted by molar-refractivity contribution is 5.25. The standard InChI is InChI=1S/C12H14FN/c13-11-4-1-9(2-5-11)7-10-3-6-12(14)8-10/h1-2,4-5,8,12H,3,6-7,14H2. The van der Waals surface area contributed by atoms with Crippen LogP contribution in [0, 0.1) is 5.82 Å². The average Bonchev–Trinajstić information content (AvgIpc) is 2.56. The van der Waals surface area contributed by atoms with Gasteiger partial charge in [0.15, 0.2) is 0 Å². The van der Waals surface area contributed by atoms with Gasteiger partial charge in [0.2, 0.25) is 0 Å². The van der Waals surface area contributed by atoms with E-state index in [1.165, 1.54) is 17.7 Å². The monoisotopic (exact) mass is 191 g/mol. The molecule has 0 amide bonds. The molecule has 74 valence electrons. The SMILES string of the molecule is NC1C=C(Cc2ccc(F)cc2)CC1. The van der Waals surface area contributed by atoms with E-state index in [0.717, 1.165) is 24.8 Å². The van der Waals surface area contributed by atoms with Crippen LogP contribution in [0.1, 0.15) is 18.4 Å². The number of rotatable bonds is 2. The minimum Gasteiger partial charge on any atom is -0.324 e. The van der Waals surface area contributed by atoms with E-state index in [1.54, 1.807) is 0 Å². The van der Waals surface area contributed by atoms with E-state index >= 15 is 0 Å². The molecule has 1 unspecified atom stereocenters. The fourth-order valence-corrected chi connectivity index (χ4v) is 1.83. The highest BCUT2D eigenvalue weighted by atomic mass is 19.1. The van der Waals surface area contributed by atoms with Crippen LogP contribution in [0.5, 0.6) is 0 Å². The van der Waals surface area contributed by atoms with Gasteiger partial charge in [0.1, 0.15) is 5.82 Å². The van der Waals surface area contributed by atoms with Gasteiger partial charge in [-0.3, -0.25) is 0 Å². The Morgan fingerprint density at radius 2 is 2.00 bits per heavy atom. The molecule has 0 spiro atoms. The van der Waals surface area contributed by atoms with Crippen LogP contribution in [-0.2, 0) is 6.42 Å². The van der Waals surface area contributed by atoms with Gasteiger partial charge >= 0.3 is 0 Å². The summed E-state index contributed by atoms with van der Waals surface area (Å²) in [5.74, 6) is -0.175. The number of nitrogens with two attached hydrogens (primary N) is 1. The normalized spacial score (nSPS) is 21.0. The predicted molar refractivity (Wildman–Crippen MR) is 55.4 cm³/mol. The predicted octanol–water partition coefficient (Wildman–Crippen LogP) is 2.42. The van der Waals surface area contributed by atoms with Gasteiger partial charge in [0, 0.05) is 6.04 Å². The summed E-state index contributed by atoms with van der Waals surface area (Å²) >= 11 is 0.